The molecule has 5 nitrogen and oxygen atoms in total. The van der Waals surface area contributed by atoms with Gasteiger partial charge in [-0.3, -0.25) is 0 Å². The maximum atomic E-state index is 13.7. The number of halogens is 2. The lowest BCUT2D eigenvalue weighted by atomic mass is 10.2. The van der Waals surface area contributed by atoms with Crippen LogP contribution in [0.3, 0.4) is 0 Å². The van der Waals surface area contributed by atoms with E-state index in [2.05, 4.69) is 10.3 Å². The Morgan fingerprint density at radius 1 is 1.48 bits per heavy atom. The summed E-state index contributed by atoms with van der Waals surface area (Å²) in [6.45, 7) is 2.13. The van der Waals surface area contributed by atoms with Gasteiger partial charge in [0.25, 0.3) is 0 Å². The molecule has 1 aromatic heterocycles. The second kappa shape index (κ2) is 6.41. The van der Waals surface area contributed by atoms with Crippen molar-refractivity contribution in [2.75, 3.05) is 11.9 Å². The molecule has 21 heavy (non-hydrogen) atoms. The Morgan fingerprint density at radius 3 is 2.86 bits per heavy atom. The highest BCUT2D eigenvalue weighted by Crippen LogP contribution is 2.25. The molecule has 0 radical (unpaired) electrons. The zero-order chi connectivity index (χ0) is 15.4. The van der Waals surface area contributed by atoms with Crippen LogP contribution in [0.1, 0.15) is 17.3 Å². The zero-order valence-electron chi connectivity index (χ0n) is 11.1. The van der Waals surface area contributed by atoms with Gasteiger partial charge in [0.15, 0.2) is 11.6 Å². The fourth-order valence-electron chi connectivity index (χ4n) is 1.67. The maximum absolute atomic E-state index is 13.7. The summed E-state index contributed by atoms with van der Waals surface area (Å²) in [5.74, 6) is -1.28. The van der Waals surface area contributed by atoms with Gasteiger partial charge in [-0.15, -0.1) is 0 Å². The fraction of sp³-hybridized carbons (Fsp3) is 0.143. The van der Waals surface area contributed by atoms with Crippen LogP contribution in [0.4, 0.5) is 15.9 Å². The number of hydrogen-bond acceptors (Lipinski definition) is 4. The highest BCUT2D eigenvalue weighted by atomic mass is 35.5. The van der Waals surface area contributed by atoms with Crippen LogP contribution in [0.15, 0.2) is 30.5 Å². The van der Waals surface area contributed by atoms with Gasteiger partial charge in [-0.2, -0.15) is 0 Å². The van der Waals surface area contributed by atoms with Crippen LogP contribution in [0.5, 0.6) is 5.75 Å². The van der Waals surface area contributed by atoms with E-state index in [9.17, 15) is 9.18 Å². The number of hydrogen-bond donors (Lipinski definition) is 2. The summed E-state index contributed by atoms with van der Waals surface area (Å²) in [6.07, 6.45) is 1.22. The van der Waals surface area contributed by atoms with Crippen molar-refractivity contribution in [3.8, 4) is 5.75 Å². The van der Waals surface area contributed by atoms with Crippen LogP contribution in [0.25, 0.3) is 0 Å². The van der Waals surface area contributed by atoms with Gasteiger partial charge in [0.1, 0.15) is 5.82 Å². The number of carbonyl (C=O) groups is 1. The Hall–Kier alpha value is -2.34. The van der Waals surface area contributed by atoms with Crippen LogP contribution in [-0.2, 0) is 0 Å². The minimum Gasteiger partial charge on any atom is -0.491 e. The molecular formula is C14H12ClFN2O3. The summed E-state index contributed by atoms with van der Waals surface area (Å²) in [4.78, 5) is 14.9. The van der Waals surface area contributed by atoms with Gasteiger partial charge in [-0.25, -0.2) is 14.2 Å². The third-order valence-corrected chi connectivity index (χ3v) is 2.89. The van der Waals surface area contributed by atoms with Gasteiger partial charge in [-0.1, -0.05) is 11.6 Å². The van der Waals surface area contributed by atoms with Crippen molar-refractivity contribution in [2.24, 2.45) is 0 Å². The van der Waals surface area contributed by atoms with E-state index < -0.39 is 11.8 Å². The largest absolute Gasteiger partial charge is 0.491 e. The molecule has 2 rings (SSSR count). The van der Waals surface area contributed by atoms with E-state index in [1.807, 2.05) is 0 Å². The average molecular weight is 311 g/mol. The normalized spacial score (nSPS) is 10.2. The number of aromatic nitrogens is 1. The number of nitrogens with zero attached hydrogens (tertiary/aromatic N) is 1. The summed E-state index contributed by atoms with van der Waals surface area (Å²) in [6, 6.07) is 5.60. The molecule has 0 aliphatic heterocycles. The highest BCUT2D eigenvalue weighted by molar-refractivity contribution is 6.33. The number of rotatable bonds is 5. The van der Waals surface area contributed by atoms with Gasteiger partial charge in [-0.05, 0) is 25.1 Å². The number of benzene rings is 1. The Morgan fingerprint density at radius 2 is 2.24 bits per heavy atom. The monoisotopic (exact) mass is 310 g/mol. The number of pyridine rings is 1. The lowest BCUT2D eigenvalue weighted by Crippen LogP contribution is -2.02. The second-order valence-electron chi connectivity index (χ2n) is 4.06. The summed E-state index contributed by atoms with van der Waals surface area (Å²) < 4.78 is 18.8. The van der Waals surface area contributed by atoms with Crippen LogP contribution in [0.2, 0.25) is 5.02 Å². The second-order valence-corrected chi connectivity index (χ2v) is 4.46. The topological polar surface area (TPSA) is 71.5 Å². The molecule has 0 aliphatic rings. The van der Waals surface area contributed by atoms with E-state index in [1.165, 1.54) is 24.4 Å². The van der Waals surface area contributed by atoms with E-state index in [1.54, 1.807) is 13.0 Å². The van der Waals surface area contributed by atoms with Gasteiger partial charge >= 0.3 is 5.97 Å². The molecule has 110 valence electrons. The standard InChI is InChI=1S/C14H12ClFN2O3/c1-2-21-12-4-3-8(5-11(12)16)18-13-6-9(14(19)20)10(15)7-17-13/h3-7H,2H2,1H3,(H,17,18)(H,19,20). The SMILES string of the molecule is CCOc1ccc(Nc2cc(C(=O)O)c(Cl)cn2)cc1F. The number of aromatic carboxylic acids is 1. The van der Waals surface area contributed by atoms with Crippen molar-refractivity contribution in [1.82, 2.24) is 4.98 Å². The summed E-state index contributed by atoms with van der Waals surface area (Å²) in [5.41, 5.74) is 0.336. The summed E-state index contributed by atoms with van der Waals surface area (Å²) in [7, 11) is 0. The van der Waals surface area contributed by atoms with E-state index in [0.29, 0.717) is 12.3 Å². The number of anilines is 2. The van der Waals surface area contributed by atoms with Crippen molar-refractivity contribution >= 4 is 29.1 Å². The smallest absolute Gasteiger partial charge is 0.337 e. The van der Waals surface area contributed by atoms with Gasteiger partial charge in [0, 0.05) is 18.0 Å². The summed E-state index contributed by atoms with van der Waals surface area (Å²) in [5, 5.41) is 11.8. The lowest BCUT2D eigenvalue weighted by Gasteiger charge is -2.09. The van der Waals surface area contributed by atoms with Gasteiger partial charge in [0.2, 0.25) is 0 Å². The molecular weight excluding hydrogens is 299 g/mol. The quantitative estimate of drug-likeness (QED) is 0.880. The first-order valence-corrected chi connectivity index (χ1v) is 6.47. The Labute approximate surface area is 125 Å². The molecule has 0 aliphatic carbocycles. The van der Waals surface area contributed by atoms with Crippen molar-refractivity contribution in [3.63, 3.8) is 0 Å². The Balaban J connectivity index is 2.24. The Bertz CT molecular complexity index is 679. The van der Waals surface area contributed by atoms with Gasteiger partial charge < -0.3 is 15.2 Å². The van der Waals surface area contributed by atoms with Crippen LogP contribution < -0.4 is 10.1 Å². The molecule has 0 unspecified atom stereocenters. The number of carboxylic acid groups (broad SMARTS) is 1. The predicted molar refractivity (Wildman–Crippen MR) is 77.1 cm³/mol. The minimum atomic E-state index is -1.16. The average Bonchev–Trinajstić information content (AvgIpc) is 2.44. The molecule has 1 aromatic carbocycles. The van der Waals surface area contributed by atoms with E-state index in [-0.39, 0.29) is 22.2 Å². The molecule has 0 amide bonds. The molecule has 2 aromatic rings. The van der Waals surface area contributed by atoms with E-state index >= 15 is 0 Å². The van der Waals surface area contributed by atoms with Crippen molar-refractivity contribution in [3.05, 3.63) is 46.9 Å². The fourth-order valence-corrected chi connectivity index (χ4v) is 1.85. The number of carboxylic acids is 1. The molecule has 0 saturated carbocycles. The predicted octanol–water partition coefficient (Wildman–Crippen LogP) is 3.71. The van der Waals surface area contributed by atoms with Crippen molar-refractivity contribution in [2.45, 2.75) is 6.92 Å². The number of nitrogens with one attached hydrogen (secondary N) is 1. The molecule has 0 spiro atoms. The molecule has 0 bridgehead atoms. The van der Waals surface area contributed by atoms with E-state index in [4.69, 9.17) is 21.4 Å². The molecule has 2 N–H and O–H groups in total. The van der Waals surface area contributed by atoms with Gasteiger partial charge in [0.05, 0.1) is 17.2 Å². The van der Waals surface area contributed by atoms with Crippen LogP contribution in [0, 0.1) is 5.82 Å². The Kier molecular flexibility index (Phi) is 4.59. The van der Waals surface area contributed by atoms with Crippen molar-refractivity contribution < 1.29 is 19.0 Å². The third kappa shape index (κ3) is 3.61. The van der Waals surface area contributed by atoms with Crippen molar-refractivity contribution in [1.29, 1.82) is 0 Å². The molecule has 0 fully saturated rings. The first-order valence-electron chi connectivity index (χ1n) is 6.09. The first-order chi connectivity index (χ1) is 10.0. The minimum absolute atomic E-state index is 0.0333. The molecule has 1 heterocycles. The van der Waals surface area contributed by atoms with Crippen LogP contribution in [-0.4, -0.2) is 22.7 Å². The third-order valence-electron chi connectivity index (χ3n) is 2.59. The molecule has 0 saturated heterocycles. The zero-order valence-corrected chi connectivity index (χ0v) is 11.8. The van der Waals surface area contributed by atoms with E-state index in [0.717, 1.165) is 0 Å². The molecule has 0 atom stereocenters. The maximum Gasteiger partial charge on any atom is 0.337 e. The highest BCUT2D eigenvalue weighted by Gasteiger charge is 2.11. The lowest BCUT2D eigenvalue weighted by molar-refractivity contribution is 0.0697. The van der Waals surface area contributed by atoms with Crippen LogP contribution >= 0.6 is 11.6 Å². The number of ether oxygens (including phenoxy) is 1. The summed E-state index contributed by atoms with van der Waals surface area (Å²) >= 11 is 5.73. The molecule has 7 heteroatoms. The first kappa shape index (κ1) is 15.1.